The zero-order valence-electron chi connectivity index (χ0n) is 17.6. The van der Waals surface area contributed by atoms with Crippen LogP contribution in [-0.4, -0.2) is 64.2 Å². The van der Waals surface area contributed by atoms with Crippen LogP contribution in [0.25, 0.3) is 11.4 Å². The maximum Gasteiger partial charge on any atom is 0.277 e. The van der Waals surface area contributed by atoms with Crippen molar-refractivity contribution in [3.63, 3.8) is 0 Å². The summed E-state index contributed by atoms with van der Waals surface area (Å²) in [5.74, 6) is 1.41. The molecule has 2 N–H and O–H groups in total. The van der Waals surface area contributed by atoms with E-state index >= 15 is 0 Å². The van der Waals surface area contributed by atoms with E-state index in [1.165, 1.54) is 4.90 Å². The highest BCUT2D eigenvalue weighted by Gasteiger charge is 2.39. The highest BCUT2D eigenvalue weighted by Crippen LogP contribution is 2.35. The Labute approximate surface area is 180 Å². The quantitative estimate of drug-likeness (QED) is 0.606. The van der Waals surface area contributed by atoms with Crippen LogP contribution in [0, 0.1) is 0 Å². The van der Waals surface area contributed by atoms with E-state index in [0.717, 1.165) is 11.1 Å². The molecule has 0 spiro atoms. The molecule has 8 heteroatoms. The van der Waals surface area contributed by atoms with Crippen molar-refractivity contribution >= 4 is 11.7 Å². The van der Waals surface area contributed by atoms with Crippen molar-refractivity contribution in [1.29, 1.82) is 0 Å². The number of aromatic nitrogens is 2. The molecule has 0 radical (unpaired) electrons. The first-order valence-corrected chi connectivity index (χ1v) is 10.2. The number of amides is 1. The summed E-state index contributed by atoms with van der Waals surface area (Å²) in [6.45, 7) is 0.621. The van der Waals surface area contributed by atoms with Gasteiger partial charge in [0.25, 0.3) is 5.91 Å². The van der Waals surface area contributed by atoms with Crippen LogP contribution in [0.2, 0.25) is 0 Å². The largest absolute Gasteiger partial charge is 0.497 e. The third kappa shape index (κ3) is 3.87. The number of benzene rings is 2. The molecule has 0 aliphatic carbocycles. The molecule has 1 aliphatic rings. The van der Waals surface area contributed by atoms with Gasteiger partial charge in [-0.05, 0) is 24.1 Å². The maximum atomic E-state index is 13.4. The summed E-state index contributed by atoms with van der Waals surface area (Å²) < 4.78 is 7.26. The van der Waals surface area contributed by atoms with Crippen LogP contribution in [0.5, 0.6) is 5.75 Å². The third-order valence-electron chi connectivity index (χ3n) is 5.44. The third-order valence-corrected chi connectivity index (χ3v) is 5.44. The molecule has 0 bridgehead atoms. The molecule has 2 heterocycles. The summed E-state index contributed by atoms with van der Waals surface area (Å²) in [6, 6.07) is 17.4. The highest BCUT2D eigenvalue weighted by molar-refractivity contribution is 6.00. The second-order valence-electron chi connectivity index (χ2n) is 7.44. The molecule has 1 unspecified atom stereocenters. The Morgan fingerprint density at radius 2 is 1.90 bits per heavy atom. The number of hydrogen-bond acceptors (Lipinski definition) is 6. The van der Waals surface area contributed by atoms with Crippen LogP contribution < -0.4 is 9.64 Å². The van der Waals surface area contributed by atoms with Crippen molar-refractivity contribution in [1.82, 2.24) is 14.5 Å². The first-order valence-electron chi connectivity index (χ1n) is 10.2. The van der Waals surface area contributed by atoms with Crippen molar-refractivity contribution < 1.29 is 19.7 Å². The number of carbonyl (C=O) groups is 1. The zero-order chi connectivity index (χ0) is 22.0. The summed E-state index contributed by atoms with van der Waals surface area (Å²) in [6.07, 6.45) is -0.772. The lowest BCUT2D eigenvalue weighted by Gasteiger charge is -2.38. The normalized spacial score (nSPS) is 15.9. The fraction of sp³-hybridized carbons (Fsp3) is 0.304. The van der Waals surface area contributed by atoms with Crippen LogP contribution >= 0.6 is 0 Å². The molecule has 0 saturated heterocycles. The predicted molar refractivity (Wildman–Crippen MR) is 117 cm³/mol. The Kier molecular flexibility index (Phi) is 5.92. The van der Waals surface area contributed by atoms with E-state index < -0.39 is 6.35 Å². The van der Waals surface area contributed by atoms with Crippen LogP contribution in [0.4, 0.5) is 5.82 Å². The molecule has 1 amide bonds. The standard InChI is InChI=1S/C23H26N4O4/c1-25-21-19(22(29)26(23(25)30)12-7-13-28)27(15-16-8-4-3-5-9-16)20(24-21)17-10-6-11-18(14-17)31-2/h3-6,8-11,14,23,28,30H,7,12-13,15H2,1-2H3. The van der Waals surface area contributed by atoms with Crippen LogP contribution in [0.3, 0.4) is 0 Å². The van der Waals surface area contributed by atoms with Gasteiger partial charge in [0.15, 0.2) is 11.5 Å². The molecular weight excluding hydrogens is 396 g/mol. The lowest BCUT2D eigenvalue weighted by molar-refractivity contribution is 0.00114. The molecule has 0 fully saturated rings. The van der Waals surface area contributed by atoms with Gasteiger partial charge < -0.3 is 24.4 Å². The molecule has 2 aromatic carbocycles. The maximum absolute atomic E-state index is 13.4. The highest BCUT2D eigenvalue weighted by atomic mass is 16.5. The average molecular weight is 422 g/mol. The first-order chi connectivity index (χ1) is 15.0. The lowest BCUT2D eigenvalue weighted by Crippen LogP contribution is -2.54. The molecule has 3 aromatic rings. The molecule has 162 valence electrons. The van der Waals surface area contributed by atoms with Gasteiger partial charge >= 0.3 is 0 Å². The fourth-order valence-electron chi connectivity index (χ4n) is 3.82. The number of aliphatic hydroxyl groups is 2. The van der Waals surface area contributed by atoms with E-state index in [0.29, 0.717) is 36.1 Å². The second-order valence-corrected chi connectivity index (χ2v) is 7.44. The van der Waals surface area contributed by atoms with Gasteiger partial charge in [-0.1, -0.05) is 42.5 Å². The van der Waals surface area contributed by atoms with Gasteiger partial charge in [-0.2, -0.15) is 0 Å². The molecule has 0 saturated carbocycles. The average Bonchev–Trinajstić information content (AvgIpc) is 3.18. The number of fused-ring (bicyclic) bond motifs is 1. The number of nitrogens with zero attached hydrogens (tertiary/aromatic N) is 4. The van der Waals surface area contributed by atoms with Gasteiger partial charge in [-0.3, -0.25) is 9.69 Å². The first kappa shape index (κ1) is 20.9. The van der Waals surface area contributed by atoms with Crippen molar-refractivity contribution in [3.05, 3.63) is 65.9 Å². The molecule has 1 aliphatic heterocycles. The summed E-state index contributed by atoms with van der Waals surface area (Å²) in [5.41, 5.74) is 2.24. The van der Waals surface area contributed by atoms with Crippen LogP contribution in [0.1, 0.15) is 22.5 Å². The molecule has 1 atom stereocenters. The van der Waals surface area contributed by atoms with E-state index in [9.17, 15) is 15.0 Å². The van der Waals surface area contributed by atoms with Crippen molar-refractivity contribution in [2.75, 3.05) is 32.2 Å². The fourth-order valence-corrected chi connectivity index (χ4v) is 3.82. The van der Waals surface area contributed by atoms with Gasteiger partial charge in [0.2, 0.25) is 6.35 Å². The number of hydrogen-bond donors (Lipinski definition) is 2. The van der Waals surface area contributed by atoms with Crippen LogP contribution in [0.15, 0.2) is 54.6 Å². The molecule has 4 rings (SSSR count). The Hall–Kier alpha value is -3.36. The zero-order valence-corrected chi connectivity index (χ0v) is 17.6. The van der Waals surface area contributed by atoms with E-state index in [4.69, 9.17) is 9.72 Å². The number of rotatable bonds is 7. The minimum atomic E-state index is -1.15. The molecule has 8 nitrogen and oxygen atoms in total. The second kappa shape index (κ2) is 8.79. The lowest BCUT2D eigenvalue weighted by atomic mass is 10.1. The number of imidazole rings is 1. The number of methoxy groups -OCH3 is 1. The minimum absolute atomic E-state index is 0.0641. The Morgan fingerprint density at radius 1 is 1.13 bits per heavy atom. The Bertz CT molecular complexity index is 1070. The number of carbonyl (C=O) groups excluding carboxylic acids is 1. The Balaban J connectivity index is 1.88. The number of anilines is 1. The van der Waals surface area contributed by atoms with Gasteiger partial charge in [-0.25, -0.2) is 4.98 Å². The summed E-state index contributed by atoms with van der Waals surface area (Å²) in [7, 11) is 3.31. The Morgan fingerprint density at radius 3 is 2.61 bits per heavy atom. The molecule has 31 heavy (non-hydrogen) atoms. The SMILES string of the molecule is COc1cccc(-c2nc3c(n2Cc2ccccc2)C(=O)N(CCCO)C(O)N3C)c1. The van der Waals surface area contributed by atoms with Gasteiger partial charge in [-0.15, -0.1) is 0 Å². The minimum Gasteiger partial charge on any atom is -0.497 e. The topological polar surface area (TPSA) is 91.1 Å². The van der Waals surface area contributed by atoms with Gasteiger partial charge in [0.1, 0.15) is 11.6 Å². The van der Waals surface area contributed by atoms with E-state index in [2.05, 4.69) is 0 Å². The molecule has 1 aromatic heterocycles. The van der Waals surface area contributed by atoms with Gasteiger partial charge in [0, 0.05) is 32.3 Å². The van der Waals surface area contributed by atoms with Crippen molar-refractivity contribution in [2.24, 2.45) is 0 Å². The van der Waals surface area contributed by atoms with Crippen molar-refractivity contribution in [3.8, 4) is 17.1 Å². The number of ether oxygens (including phenoxy) is 1. The van der Waals surface area contributed by atoms with E-state index in [1.807, 2.05) is 59.2 Å². The predicted octanol–water partition coefficient (Wildman–Crippen LogP) is 2.16. The summed E-state index contributed by atoms with van der Waals surface area (Å²) in [5, 5.41) is 19.9. The summed E-state index contributed by atoms with van der Waals surface area (Å²) >= 11 is 0. The number of aliphatic hydroxyl groups excluding tert-OH is 2. The van der Waals surface area contributed by atoms with Crippen molar-refractivity contribution in [2.45, 2.75) is 19.3 Å². The van der Waals surface area contributed by atoms with E-state index in [1.54, 1.807) is 19.1 Å². The monoisotopic (exact) mass is 422 g/mol. The van der Waals surface area contributed by atoms with Crippen LogP contribution in [-0.2, 0) is 6.54 Å². The van der Waals surface area contributed by atoms with Gasteiger partial charge in [0.05, 0.1) is 7.11 Å². The van der Waals surface area contributed by atoms with E-state index in [-0.39, 0.29) is 19.1 Å². The molecular formula is C23H26N4O4. The summed E-state index contributed by atoms with van der Waals surface area (Å²) in [4.78, 5) is 21.1. The smallest absolute Gasteiger partial charge is 0.277 e.